The number of rotatable bonds is 4. The number of halogens is 1. The van der Waals surface area contributed by atoms with E-state index in [1.165, 1.54) is 6.07 Å². The summed E-state index contributed by atoms with van der Waals surface area (Å²) in [7, 11) is 0. The lowest BCUT2D eigenvalue weighted by Gasteiger charge is -2.29. The van der Waals surface area contributed by atoms with Crippen LogP contribution in [0.2, 0.25) is 5.02 Å². The molecule has 31 heavy (non-hydrogen) atoms. The van der Waals surface area contributed by atoms with Gasteiger partial charge in [0.05, 0.1) is 17.5 Å². The van der Waals surface area contributed by atoms with E-state index in [-0.39, 0.29) is 12.8 Å². The Morgan fingerprint density at radius 2 is 1.87 bits per heavy atom. The zero-order valence-electron chi connectivity index (χ0n) is 16.2. The van der Waals surface area contributed by atoms with Crippen LogP contribution in [0.15, 0.2) is 48.5 Å². The summed E-state index contributed by atoms with van der Waals surface area (Å²) in [6, 6.07) is 12.8. The lowest BCUT2D eigenvalue weighted by Crippen LogP contribution is -2.53. The zero-order valence-corrected chi connectivity index (χ0v) is 16.9. The molecule has 158 valence electrons. The maximum atomic E-state index is 13.6. The molecule has 5 rings (SSSR count). The minimum atomic E-state index is -1.44. The van der Waals surface area contributed by atoms with Crippen LogP contribution in [0.25, 0.3) is 0 Å². The SMILES string of the molecule is O=C(O)CC[C@@H]1N[C@]2(C(=O)Nc3ccccc32)[C@@H]2C(=O)N(c3cccc(Cl)c3)C(=O)[C@H]12. The molecule has 0 radical (unpaired) electrons. The van der Waals surface area contributed by atoms with E-state index in [0.717, 1.165) is 4.90 Å². The van der Waals surface area contributed by atoms with Crippen LogP contribution in [0.3, 0.4) is 0 Å². The zero-order chi connectivity index (χ0) is 21.9. The molecule has 3 heterocycles. The molecule has 1 spiro atoms. The Balaban J connectivity index is 1.65. The normalized spacial score (nSPS) is 28.7. The van der Waals surface area contributed by atoms with E-state index in [9.17, 15) is 24.3 Å². The first-order chi connectivity index (χ1) is 14.8. The summed E-state index contributed by atoms with van der Waals surface area (Å²) in [4.78, 5) is 52.6. The molecule has 3 amide bonds. The molecule has 9 heteroatoms. The summed E-state index contributed by atoms with van der Waals surface area (Å²) < 4.78 is 0. The molecule has 8 nitrogen and oxygen atoms in total. The summed E-state index contributed by atoms with van der Waals surface area (Å²) in [5.74, 6) is -4.28. The van der Waals surface area contributed by atoms with Crippen molar-refractivity contribution in [1.29, 1.82) is 0 Å². The number of carbonyl (C=O) groups is 4. The van der Waals surface area contributed by atoms with Crippen LogP contribution < -0.4 is 15.5 Å². The second kappa shape index (κ2) is 6.90. The van der Waals surface area contributed by atoms with E-state index in [4.69, 9.17) is 11.6 Å². The second-order valence-electron chi connectivity index (χ2n) is 7.99. The topological polar surface area (TPSA) is 116 Å². The lowest BCUT2D eigenvalue weighted by atomic mass is 9.76. The molecule has 0 bridgehead atoms. The van der Waals surface area contributed by atoms with Gasteiger partial charge in [0.1, 0.15) is 5.54 Å². The Kier molecular flexibility index (Phi) is 4.39. The number of carboxylic acids is 1. The Hall–Kier alpha value is -3.23. The number of hydrogen-bond acceptors (Lipinski definition) is 5. The molecule has 2 aromatic rings. The summed E-state index contributed by atoms with van der Waals surface area (Å²) in [5, 5.41) is 15.6. The van der Waals surface area contributed by atoms with Gasteiger partial charge in [-0.3, -0.25) is 24.5 Å². The van der Waals surface area contributed by atoms with E-state index in [0.29, 0.717) is 22.0 Å². The number of carbonyl (C=O) groups excluding carboxylic acids is 3. The van der Waals surface area contributed by atoms with Crippen LogP contribution in [0.1, 0.15) is 18.4 Å². The summed E-state index contributed by atoms with van der Waals surface area (Å²) in [6.07, 6.45) is -0.0883. The highest BCUT2D eigenvalue weighted by atomic mass is 35.5. The predicted octanol–water partition coefficient (Wildman–Crippen LogP) is 2.13. The van der Waals surface area contributed by atoms with Crippen LogP contribution in [0.4, 0.5) is 11.4 Å². The fraction of sp³-hybridized carbons (Fsp3) is 0.273. The van der Waals surface area contributed by atoms with Crippen LogP contribution in [-0.4, -0.2) is 34.8 Å². The fourth-order valence-corrected chi connectivity index (χ4v) is 5.34. The molecule has 3 aliphatic heterocycles. The smallest absolute Gasteiger partial charge is 0.303 e. The molecule has 3 aliphatic rings. The average molecular weight is 440 g/mol. The lowest BCUT2D eigenvalue weighted by molar-refractivity contribution is -0.137. The van der Waals surface area contributed by atoms with Gasteiger partial charge in [-0.1, -0.05) is 35.9 Å². The number of imide groups is 1. The predicted molar refractivity (Wildman–Crippen MR) is 111 cm³/mol. The maximum Gasteiger partial charge on any atom is 0.303 e. The van der Waals surface area contributed by atoms with E-state index in [1.807, 2.05) is 0 Å². The van der Waals surface area contributed by atoms with Crippen LogP contribution in [0, 0.1) is 11.8 Å². The van der Waals surface area contributed by atoms with Crippen molar-refractivity contribution >= 4 is 46.7 Å². The first kappa shape index (κ1) is 19.7. The number of para-hydroxylation sites is 1. The quantitative estimate of drug-likeness (QED) is 0.628. The Bertz CT molecular complexity index is 1150. The number of amides is 3. The van der Waals surface area contributed by atoms with Gasteiger partial charge in [-0.25, -0.2) is 4.90 Å². The van der Waals surface area contributed by atoms with Gasteiger partial charge in [0.25, 0.3) is 0 Å². The first-order valence-electron chi connectivity index (χ1n) is 9.88. The Morgan fingerprint density at radius 1 is 1.10 bits per heavy atom. The Labute approximate surface area is 182 Å². The monoisotopic (exact) mass is 439 g/mol. The minimum Gasteiger partial charge on any atom is -0.481 e. The summed E-state index contributed by atoms with van der Waals surface area (Å²) in [6.45, 7) is 0. The van der Waals surface area contributed by atoms with Gasteiger partial charge >= 0.3 is 5.97 Å². The molecular formula is C22H18ClN3O5. The van der Waals surface area contributed by atoms with Crippen LogP contribution in [-0.2, 0) is 24.7 Å². The highest BCUT2D eigenvalue weighted by Gasteiger charge is 2.70. The highest BCUT2D eigenvalue weighted by molar-refractivity contribution is 6.31. The van der Waals surface area contributed by atoms with Crippen LogP contribution >= 0.6 is 11.6 Å². The van der Waals surface area contributed by atoms with Gasteiger partial charge < -0.3 is 10.4 Å². The average Bonchev–Trinajstić information content (AvgIpc) is 3.31. The molecule has 0 aliphatic carbocycles. The van der Waals surface area contributed by atoms with Crippen molar-refractivity contribution < 1.29 is 24.3 Å². The van der Waals surface area contributed by atoms with Crippen molar-refractivity contribution in [3.8, 4) is 0 Å². The number of hydrogen-bond donors (Lipinski definition) is 3. The van der Waals surface area contributed by atoms with E-state index in [2.05, 4.69) is 10.6 Å². The third-order valence-electron chi connectivity index (χ3n) is 6.36. The molecule has 2 aromatic carbocycles. The molecule has 0 saturated carbocycles. The number of fused-ring (bicyclic) bond motifs is 4. The molecular weight excluding hydrogens is 422 g/mol. The first-order valence-corrected chi connectivity index (χ1v) is 10.3. The Morgan fingerprint density at radius 3 is 2.61 bits per heavy atom. The van der Waals surface area contributed by atoms with Gasteiger partial charge in [-0.05, 0) is 30.7 Å². The van der Waals surface area contributed by atoms with Gasteiger partial charge in [0, 0.05) is 28.7 Å². The summed E-state index contributed by atoms with van der Waals surface area (Å²) in [5.41, 5.74) is 0.0431. The van der Waals surface area contributed by atoms with Gasteiger partial charge in [-0.15, -0.1) is 0 Å². The third kappa shape index (κ3) is 2.72. The molecule has 3 N–H and O–H groups in total. The van der Waals surface area contributed by atoms with Crippen molar-refractivity contribution in [2.45, 2.75) is 24.4 Å². The van der Waals surface area contributed by atoms with Gasteiger partial charge in [-0.2, -0.15) is 0 Å². The van der Waals surface area contributed by atoms with Gasteiger partial charge in [0.15, 0.2) is 0 Å². The molecule has 2 saturated heterocycles. The molecule has 2 fully saturated rings. The number of nitrogens with zero attached hydrogens (tertiary/aromatic N) is 1. The van der Waals surface area contributed by atoms with Crippen molar-refractivity contribution in [1.82, 2.24) is 5.32 Å². The largest absolute Gasteiger partial charge is 0.481 e. The minimum absolute atomic E-state index is 0.107. The number of benzene rings is 2. The second-order valence-corrected chi connectivity index (χ2v) is 8.42. The molecule has 0 aromatic heterocycles. The van der Waals surface area contributed by atoms with Crippen molar-refractivity contribution in [2.24, 2.45) is 11.8 Å². The number of carboxylic acid groups (broad SMARTS) is 1. The van der Waals surface area contributed by atoms with Gasteiger partial charge in [0.2, 0.25) is 17.7 Å². The standard InChI is InChI=1S/C22H18ClN3O5/c23-11-4-3-5-12(10-11)26-19(29)17-15(8-9-16(27)28)25-22(18(17)20(26)30)13-6-1-2-7-14(13)24-21(22)31/h1-7,10,15,17-18,25H,8-9H2,(H,24,31)(H,27,28)/t15-,17+,18-,22-/m0/s1. The number of anilines is 2. The highest BCUT2D eigenvalue weighted by Crippen LogP contribution is 2.54. The van der Waals surface area contributed by atoms with E-state index < -0.39 is 47.1 Å². The van der Waals surface area contributed by atoms with Crippen LogP contribution in [0.5, 0.6) is 0 Å². The molecule has 4 atom stereocenters. The number of nitrogens with one attached hydrogen (secondary N) is 2. The molecule has 0 unspecified atom stereocenters. The van der Waals surface area contributed by atoms with E-state index in [1.54, 1.807) is 42.5 Å². The maximum absolute atomic E-state index is 13.6. The van der Waals surface area contributed by atoms with Crippen molar-refractivity contribution in [3.05, 3.63) is 59.1 Å². The summed E-state index contributed by atoms with van der Waals surface area (Å²) >= 11 is 6.07. The number of aliphatic carboxylic acids is 1. The van der Waals surface area contributed by atoms with Crippen molar-refractivity contribution in [2.75, 3.05) is 10.2 Å². The third-order valence-corrected chi connectivity index (χ3v) is 6.59. The fourth-order valence-electron chi connectivity index (χ4n) is 5.16. The van der Waals surface area contributed by atoms with E-state index >= 15 is 0 Å². The van der Waals surface area contributed by atoms with Crippen molar-refractivity contribution in [3.63, 3.8) is 0 Å².